The van der Waals surface area contributed by atoms with Gasteiger partial charge in [-0.15, -0.1) is 0 Å². The van der Waals surface area contributed by atoms with Crippen LogP contribution in [0.5, 0.6) is 5.75 Å². The second-order valence-electron chi connectivity index (χ2n) is 6.12. The Balaban J connectivity index is 1.89. The van der Waals surface area contributed by atoms with Gasteiger partial charge < -0.3 is 19.1 Å². The van der Waals surface area contributed by atoms with Crippen LogP contribution >= 0.6 is 11.8 Å². The zero-order valence-electron chi connectivity index (χ0n) is 13.7. The topological polar surface area (TPSA) is 76.7 Å². The zero-order valence-corrected chi connectivity index (χ0v) is 14.5. The summed E-state index contributed by atoms with van der Waals surface area (Å²) in [5, 5.41) is 10.8. The Morgan fingerprint density at radius 3 is 2.64 bits per heavy atom. The monoisotopic (exact) mass is 360 g/mol. The molecule has 1 N–H and O–H groups in total. The number of rotatable bonds is 6. The van der Waals surface area contributed by atoms with Crippen molar-refractivity contribution in [1.29, 1.82) is 0 Å². The van der Waals surface area contributed by atoms with E-state index in [-0.39, 0.29) is 23.5 Å². The minimum absolute atomic E-state index is 0.0293. The summed E-state index contributed by atoms with van der Waals surface area (Å²) in [6, 6.07) is 10.7. The Morgan fingerprint density at radius 1 is 1.24 bits per heavy atom. The van der Waals surface area contributed by atoms with Crippen molar-refractivity contribution in [2.24, 2.45) is 5.41 Å². The van der Waals surface area contributed by atoms with E-state index in [4.69, 9.17) is 9.15 Å². The van der Waals surface area contributed by atoms with Gasteiger partial charge in [-0.2, -0.15) is 11.8 Å². The lowest BCUT2D eigenvalue weighted by Crippen LogP contribution is -2.35. The van der Waals surface area contributed by atoms with Crippen molar-refractivity contribution in [2.75, 3.05) is 11.5 Å². The molecule has 6 heteroatoms. The lowest BCUT2D eigenvalue weighted by molar-refractivity contribution is -0.125. The van der Waals surface area contributed by atoms with Crippen molar-refractivity contribution in [3.8, 4) is 5.75 Å². The molecule has 5 nitrogen and oxygen atoms in total. The Bertz CT molecular complexity index is 765. The van der Waals surface area contributed by atoms with E-state index in [2.05, 4.69) is 0 Å². The maximum absolute atomic E-state index is 12.3. The Labute approximate surface area is 150 Å². The van der Waals surface area contributed by atoms with Crippen LogP contribution in [-0.4, -0.2) is 22.9 Å². The number of ether oxygens (including phenoxy) is 1. The first-order valence-corrected chi connectivity index (χ1v) is 9.32. The lowest BCUT2D eigenvalue weighted by atomic mass is 9.77. The largest absolute Gasteiger partial charge is 0.482 e. The molecule has 2 heterocycles. The maximum atomic E-state index is 12.3. The van der Waals surface area contributed by atoms with Gasteiger partial charge in [0.15, 0.2) is 5.76 Å². The fraction of sp³-hybridized carbons (Fsp3) is 0.368. The van der Waals surface area contributed by atoms with Crippen LogP contribution < -0.4 is 10.2 Å². The highest BCUT2D eigenvalue weighted by atomic mass is 32.2. The standard InChI is InChI=1S/C19H20O5S/c20-13-19(7-10-25-11-8-19)18(22)17-16(15(21)6-9-23-17)24-12-14-4-2-1-3-5-14/h1-6,9,13,18,22H,7-8,10-12H2. The number of hydrogen-bond donors (Lipinski definition) is 1. The van der Waals surface area contributed by atoms with Gasteiger partial charge in [0, 0.05) is 6.07 Å². The van der Waals surface area contributed by atoms with Gasteiger partial charge in [0.1, 0.15) is 19.0 Å². The van der Waals surface area contributed by atoms with Crippen molar-refractivity contribution in [3.63, 3.8) is 0 Å². The summed E-state index contributed by atoms with van der Waals surface area (Å²) in [5.74, 6) is 1.57. The van der Waals surface area contributed by atoms with Crippen LogP contribution in [0.25, 0.3) is 0 Å². The molecule has 25 heavy (non-hydrogen) atoms. The van der Waals surface area contributed by atoms with Gasteiger partial charge >= 0.3 is 0 Å². The summed E-state index contributed by atoms with van der Waals surface area (Å²) in [6.45, 7) is 0.180. The van der Waals surface area contributed by atoms with E-state index in [0.717, 1.165) is 23.4 Å². The molecule has 0 radical (unpaired) electrons. The number of aldehydes is 1. The highest BCUT2D eigenvalue weighted by Crippen LogP contribution is 2.45. The Hall–Kier alpha value is -2.05. The first-order valence-electron chi connectivity index (χ1n) is 8.17. The number of carbonyl (C=O) groups is 1. The predicted octanol–water partition coefficient (Wildman–Crippen LogP) is 2.96. The number of aliphatic hydroxyl groups is 1. The molecule has 0 spiro atoms. The van der Waals surface area contributed by atoms with Gasteiger partial charge in [-0.3, -0.25) is 4.79 Å². The quantitative estimate of drug-likeness (QED) is 0.798. The third-order valence-corrected chi connectivity index (χ3v) is 5.52. The minimum atomic E-state index is -1.20. The zero-order chi connectivity index (χ0) is 17.7. The van der Waals surface area contributed by atoms with Crippen LogP contribution in [0.2, 0.25) is 0 Å². The normalized spacial score (nSPS) is 17.6. The molecule has 1 saturated heterocycles. The summed E-state index contributed by atoms with van der Waals surface area (Å²) < 4.78 is 11.1. The number of thioether (sulfide) groups is 1. The molecule has 0 saturated carbocycles. The number of benzene rings is 1. The third-order valence-electron chi connectivity index (χ3n) is 4.54. The molecule has 1 aromatic carbocycles. The van der Waals surface area contributed by atoms with Crippen molar-refractivity contribution in [1.82, 2.24) is 0 Å². The molecule has 1 atom stereocenters. The van der Waals surface area contributed by atoms with Crippen molar-refractivity contribution >= 4 is 18.0 Å². The van der Waals surface area contributed by atoms with Crippen molar-refractivity contribution in [2.45, 2.75) is 25.6 Å². The molecule has 0 amide bonds. The van der Waals surface area contributed by atoms with E-state index in [9.17, 15) is 14.7 Å². The molecule has 1 unspecified atom stereocenters. The predicted molar refractivity (Wildman–Crippen MR) is 95.8 cm³/mol. The van der Waals surface area contributed by atoms with Crippen LogP contribution in [-0.2, 0) is 11.4 Å². The van der Waals surface area contributed by atoms with E-state index in [1.807, 2.05) is 30.3 Å². The second-order valence-corrected chi connectivity index (χ2v) is 7.34. The molecule has 3 rings (SSSR count). The fourth-order valence-corrected chi connectivity index (χ4v) is 4.20. The van der Waals surface area contributed by atoms with Gasteiger partial charge in [0.2, 0.25) is 11.2 Å². The molecule has 0 bridgehead atoms. The highest BCUT2D eigenvalue weighted by Gasteiger charge is 2.43. The van der Waals surface area contributed by atoms with Gasteiger partial charge in [0.25, 0.3) is 0 Å². The van der Waals surface area contributed by atoms with Crippen LogP contribution in [0.15, 0.2) is 51.9 Å². The SMILES string of the molecule is O=CC1(C(O)c2occc(=O)c2OCc2ccccc2)CCSCC1. The van der Waals surface area contributed by atoms with Crippen LogP contribution in [0.4, 0.5) is 0 Å². The molecule has 0 aliphatic carbocycles. The van der Waals surface area contributed by atoms with E-state index in [1.54, 1.807) is 11.8 Å². The summed E-state index contributed by atoms with van der Waals surface area (Å²) in [5.41, 5.74) is -0.416. The van der Waals surface area contributed by atoms with E-state index >= 15 is 0 Å². The number of aliphatic hydroxyl groups excluding tert-OH is 1. The molecule has 1 aromatic heterocycles. The molecule has 1 fully saturated rings. The van der Waals surface area contributed by atoms with E-state index < -0.39 is 11.5 Å². The van der Waals surface area contributed by atoms with Crippen LogP contribution in [0, 0.1) is 5.41 Å². The average molecular weight is 360 g/mol. The lowest BCUT2D eigenvalue weighted by Gasteiger charge is -2.35. The molecule has 132 valence electrons. The van der Waals surface area contributed by atoms with Crippen LogP contribution in [0.1, 0.15) is 30.3 Å². The Morgan fingerprint density at radius 2 is 1.96 bits per heavy atom. The highest BCUT2D eigenvalue weighted by molar-refractivity contribution is 7.99. The molecule has 1 aliphatic rings. The van der Waals surface area contributed by atoms with Crippen molar-refractivity contribution in [3.05, 3.63) is 64.2 Å². The van der Waals surface area contributed by atoms with Gasteiger partial charge in [0.05, 0.1) is 11.7 Å². The number of hydrogen-bond acceptors (Lipinski definition) is 6. The van der Waals surface area contributed by atoms with Crippen LogP contribution in [0.3, 0.4) is 0 Å². The van der Waals surface area contributed by atoms with Gasteiger partial charge in [-0.25, -0.2) is 0 Å². The minimum Gasteiger partial charge on any atom is -0.482 e. The summed E-state index contributed by atoms with van der Waals surface area (Å²) in [4.78, 5) is 24.0. The van der Waals surface area contributed by atoms with Gasteiger partial charge in [-0.05, 0) is 29.9 Å². The molecule has 1 aliphatic heterocycles. The number of carbonyl (C=O) groups excluding carboxylic acids is 1. The first-order chi connectivity index (χ1) is 12.2. The molecular formula is C19H20O5S. The van der Waals surface area contributed by atoms with E-state index in [1.165, 1.54) is 12.3 Å². The Kier molecular flexibility index (Phi) is 5.60. The average Bonchev–Trinajstić information content (AvgIpc) is 2.67. The van der Waals surface area contributed by atoms with E-state index in [0.29, 0.717) is 12.8 Å². The van der Waals surface area contributed by atoms with Crippen molar-refractivity contribution < 1.29 is 19.1 Å². The maximum Gasteiger partial charge on any atom is 0.227 e. The smallest absolute Gasteiger partial charge is 0.227 e. The fourth-order valence-electron chi connectivity index (χ4n) is 2.95. The first kappa shape index (κ1) is 17.8. The summed E-state index contributed by atoms with van der Waals surface area (Å²) in [6.07, 6.45) is 1.90. The molecule has 2 aromatic rings. The summed E-state index contributed by atoms with van der Waals surface area (Å²) in [7, 11) is 0. The molecular weight excluding hydrogens is 340 g/mol. The van der Waals surface area contributed by atoms with Gasteiger partial charge in [-0.1, -0.05) is 30.3 Å². The third kappa shape index (κ3) is 3.80. The summed E-state index contributed by atoms with van der Waals surface area (Å²) >= 11 is 1.75. The second kappa shape index (κ2) is 7.89.